The van der Waals surface area contributed by atoms with Crippen LogP contribution in [0.3, 0.4) is 0 Å². The topological polar surface area (TPSA) is 95.9 Å². The molecule has 5 nitrogen and oxygen atoms in total. The highest BCUT2D eigenvalue weighted by Gasteiger charge is 2.21. The predicted molar refractivity (Wildman–Crippen MR) is 58.5 cm³/mol. The van der Waals surface area contributed by atoms with E-state index in [4.69, 9.17) is 17.2 Å². The van der Waals surface area contributed by atoms with Gasteiger partial charge in [0, 0.05) is 12.1 Å². The standard InChI is InChI=1S/C9H19N5/c1-6(9(2,3)12)5-14-8(11)7(10)4-13-14/h4,6H,5,10-12H2,1-3H3. The Hall–Kier alpha value is -1.23. The summed E-state index contributed by atoms with van der Waals surface area (Å²) in [5.74, 6) is 0.796. The number of nitrogens with two attached hydrogens (primary N) is 3. The molecule has 1 rings (SSSR count). The molecule has 0 saturated carbocycles. The van der Waals surface area contributed by atoms with Gasteiger partial charge in [-0.25, -0.2) is 4.68 Å². The van der Waals surface area contributed by atoms with Crippen molar-refractivity contribution in [2.45, 2.75) is 32.9 Å². The third kappa shape index (κ3) is 2.17. The molecule has 1 aromatic rings. The second kappa shape index (κ2) is 3.49. The summed E-state index contributed by atoms with van der Waals surface area (Å²) in [6.07, 6.45) is 1.56. The third-order valence-corrected chi connectivity index (χ3v) is 2.63. The first-order valence-corrected chi connectivity index (χ1v) is 4.68. The zero-order chi connectivity index (χ0) is 10.9. The van der Waals surface area contributed by atoms with Crippen molar-refractivity contribution in [1.82, 2.24) is 9.78 Å². The minimum Gasteiger partial charge on any atom is -0.394 e. The summed E-state index contributed by atoms with van der Waals surface area (Å²) in [7, 11) is 0. The molecule has 1 aromatic heterocycles. The smallest absolute Gasteiger partial charge is 0.145 e. The van der Waals surface area contributed by atoms with E-state index in [2.05, 4.69) is 12.0 Å². The molecule has 1 atom stereocenters. The quantitative estimate of drug-likeness (QED) is 0.654. The van der Waals surface area contributed by atoms with Gasteiger partial charge in [0.2, 0.25) is 0 Å². The van der Waals surface area contributed by atoms with Gasteiger partial charge < -0.3 is 17.2 Å². The van der Waals surface area contributed by atoms with Gasteiger partial charge in [-0.3, -0.25) is 0 Å². The van der Waals surface area contributed by atoms with Crippen molar-refractivity contribution < 1.29 is 0 Å². The monoisotopic (exact) mass is 197 g/mol. The Kier molecular flexibility index (Phi) is 2.71. The number of hydrogen-bond acceptors (Lipinski definition) is 4. The van der Waals surface area contributed by atoms with Crippen LogP contribution in [0.15, 0.2) is 6.20 Å². The molecule has 0 aliphatic rings. The normalized spacial score (nSPS) is 14.3. The zero-order valence-electron chi connectivity index (χ0n) is 8.99. The van der Waals surface area contributed by atoms with E-state index in [1.165, 1.54) is 0 Å². The van der Waals surface area contributed by atoms with Crippen molar-refractivity contribution in [2.24, 2.45) is 11.7 Å². The van der Waals surface area contributed by atoms with Gasteiger partial charge in [0.15, 0.2) is 0 Å². The van der Waals surface area contributed by atoms with Crippen molar-refractivity contribution in [2.75, 3.05) is 11.5 Å². The van der Waals surface area contributed by atoms with Gasteiger partial charge in [-0.1, -0.05) is 6.92 Å². The number of nitrogens with zero attached hydrogens (tertiary/aromatic N) is 2. The van der Waals surface area contributed by atoms with E-state index >= 15 is 0 Å². The number of anilines is 2. The van der Waals surface area contributed by atoms with Gasteiger partial charge in [0.05, 0.1) is 11.9 Å². The zero-order valence-corrected chi connectivity index (χ0v) is 8.99. The van der Waals surface area contributed by atoms with Crippen LogP contribution >= 0.6 is 0 Å². The van der Waals surface area contributed by atoms with E-state index in [0.717, 1.165) is 0 Å². The molecular weight excluding hydrogens is 178 g/mol. The summed E-state index contributed by atoms with van der Waals surface area (Å²) in [6.45, 7) is 6.73. The molecule has 80 valence electrons. The van der Waals surface area contributed by atoms with Crippen molar-refractivity contribution >= 4 is 11.5 Å². The molecule has 0 radical (unpaired) electrons. The van der Waals surface area contributed by atoms with Crippen molar-refractivity contribution in [3.8, 4) is 0 Å². The molecule has 14 heavy (non-hydrogen) atoms. The van der Waals surface area contributed by atoms with Crippen molar-refractivity contribution in [1.29, 1.82) is 0 Å². The van der Waals surface area contributed by atoms with Gasteiger partial charge in [-0.2, -0.15) is 5.10 Å². The van der Waals surface area contributed by atoms with E-state index in [-0.39, 0.29) is 11.5 Å². The van der Waals surface area contributed by atoms with Gasteiger partial charge in [0.1, 0.15) is 5.82 Å². The molecule has 0 aliphatic carbocycles. The molecule has 0 bridgehead atoms. The Labute approximate surface area is 84.2 Å². The maximum atomic E-state index is 5.97. The lowest BCUT2D eigenvalue weighted by atomic mass is 9.90. The third-order valence-electron chi connectivity index (χ3n) is 2.63. The summed E-state index contributed by atoms with van der Waals surface area (Å²) in [5, 5.41) is 4.08. The van der Waals surface area contributed by atoms with Gasteiger partial charge in [-0.05, 0) is 19.8 Å². The largest absolute Gasteiger partial charge is 0.394 e. The highest BCUT2D eigenvalue weighted by atomic mass is 15.3. The van der Waals surface area contributed by atoms with Crippen LogP contribution in [0.4, 0.5) is 11.5 Å². The van der Waals surface area contributed by atoms with Crippen LogP contribution in [0, 0.1) is 5.92 Å². The maximum absolute atomic E-state index is 5.97. The fourth-order valence-corrected chi connectivity index (χ4v) is 1.05. The Bertz CT molecular complexity index is 309. The predicted octanol–water partition coefficient (Wildman–Crippen LogP) is 0.421. The number of aromatic nitrogens is 2. The molecule has 0 amide bonds. The Morgan fingerprint density at radius 1 is 1.50 bits per heavy atom. The average molecular weight is 197 g/mol. The fraction of sp³-hybridized carbons (Fsp3) is 0.667. The van der Waals surface area contributed by atoms with Crippen LogP contribution in [-0.2, 0) is 6.54 Å². The van der Waals surface area contributed by atoms with E-state index in [0.29, 0.717) is 18.1 Å². The number of nitrogen functional groups attached to an aromatic ring is 2. The lowest BCUT2D eigenvalue weighted by Gasteiger charge is -2.27. The average Bonchev–Trinajstić information content (AvgIpc) is 2.34. The van der Waals surface area contributed by atoms with E-state index in [1.807, 2.05) is 13.8 Å². The van der Waals surface area contributed by atoms with E-state index in [1.54, 1.807) is 10.9 Å². The molecular formula is C9H19N5. The van der Waals surface area contributed by atoms with Crippen LogP contribution in [0.1, 0.15) is 20.8 Å². The van der Waals surface area contributed by atoms with Crippen LogP contribution < -0.4 is 17.2 Å². The number of hydrogen-bond donors (Lipinski definition) is 3. The molecule has 6 N–H and O–H groups in total. The summed E-state index contributed by atoms with van der Waals surface area (Å²) in [4.78, 5) is 0. The first kappa shape index (κ1) is 10.8. The summed E-state index contributed by atoms with van der Waals surface area (Å²) in [6, 6.07) is 0. The first-order chi connectivity index (χ1) is 6.32. The van der Waals surface area contributed by atoms with Crippen LogP contribution in [-0.4, -0.2) is 15.3 Å². The van der Waals surface area contributed by atoms with Crippen LogP contribution in [0.2, 0.25) is 0 Å². The van der Waals surface area contributed by atoms with Gasteiger partial charge in [0.25, 0.3) is 0 Å². The second-order valence-electron chi connectivity index (χ2n) is 4.39. The molecule has 0 aliphatic heterocycles. The highest BCUT2D eigenvalue weighted by molar-refractivity contribution is 5.56. The molecule has 0 saturated heterocycles. The van der Waals surface area contributed by atoms with Crippen molar-refractivity contribution in [3.63, 3.8) is 0 Å². The molecule has 1 unspecified atom stereocenters. The Morgan fingerprint density at radius 3 is 2.43 bits per heavy atom. The molecule has 1 heterocycles. The van der Waals surface area contributed by atoms with E-state index in [9.17, 15) is 0 Å². The highest BCUT2D eigenvalue weighted by Crippen LogP contribution is 2.19. The Morgan fingerprint density at radius 2 is 2.07 bits per heavy atom. The molecule has 5 heteroatoms. The summed E-state index contributed by atoms with van der Waals surface area (Å²) >= 11 is 0. The number of rotatable bonds is 3. The minimum absolute atomic E-state index is 0.243. The second-order valence-corrected chi connectivity index (χ2v) is 4.39. The van der Waals surface area contributed by atoms with Gasteiger partial charge in [-0.15, -0.1) is 0 Å². The van der Waals surface area contributed by atoms with Crippen LogP contribution in [0.5, 0.6) is 0 Å². The molecule has 0 spiro atoms. The SMILES string of the molecule is CC(Cn1ncc(N)c1N)C(C)(C)N. The van der Waals surface area contributed by atoms with Gasteiger partial charge >= 0.3 is 0 Å². The fourth-order valence-electron chi connectivity index (χ4n) is 1.05. The first-order valence-electron chi connectivity index (χ1n) is 4.68. The maximum Gasteiger partial charge on any atom is 0.145 e. The summed E-state index contributed by atoms with van der Waals surface area (Å²) in [5.41, 5.74) is 17.6. The molecule has 0 fully saturated rings. The lowest BCUT2D eigenvalue weighted by molar-refractivity contribution is 0.298. The van der Waals surface area contributed by atoms with Crippen LogP contribution in [0.25, 0.3) is 0 Å². The van der Waals surface area contributed by atoms with E-state index < -0.39 is 0 Å². The minimum atomic E-state index is -0.243. The lowest BCUT2D eigenvalue weighted by Crippen LogP contribution is -2.41. The molecule has 0 aromatic carbocycles. The summed E-state index contributed by atoms with van der Waals surface area (Å²) < 4.78 is 1.69. The Balaban J connectivity index is 2.75. The van der Waals surface area contributed by atoms with Crippen molar-refractivity contribution in [3.05, 3.63) is 6.20 Å².